The molecule has 0 bridgehead atoms. The first-order valence-electron chi connectivity index (χ1n) is 2.49. The average Bonchev–Trinajstić information content (AvgIpc) is 1.61. The van der Waals surface area contributed by atoms with Crippen LogP contribution < -0.4 is 0 Å². The molecule has 3 heteroatoms. The van der Waals surface area contributed by atoms with Gasteiger partial charge < -0.3 is 5.11 Å². The third-order valence-corrected chi connectivity index (χ3v) is 0.744. The summed E-state index contributed by atoms with van der Waals surface area (Å²) in [7, 11) is 0. The van der Waals surface area contributed by atoms with Crippen molar-refractivity contribution in [2.75, 3.05) is 0 Å². The fourth-order valence-corrected chi connectivity index (χ4v) is 0.328. The fraction of sp³-hybridized carbons (Fsp3) is 0.800. The molecule has 0 rings (SSSR count). The maximum atomic E-state index is 9.76. The Hall–Kier alpha value is 0.269. The zero-order valence-corrected chi connectivity index (χ0v) is 4.48. The normalized spacial score (nSPS) is 7.62. The molecule has 0 radical (unpaired) electrons. The molecule has 1 N–H and O–H groups in total. The second kappa shape index (κ2) is 7.27. The molecular weight excluding hydrogens is 211 g/mol. The van der Waals surface area contributed by atoms with Gasteiger partial charge in [-0.05, 0) is 6.42 Å². The molecule has 0 aromatic carbocycles. The van der Waals surface area contributed by atoms with Crippen LogP contribution in [0.1, 0.15) is 26.2 Å². The van der Waals surface area contributed by atoms with Crippen molar-refractivity contribution < 1.29 is 9.90 Å². The van der Waals surface area contributed by atoms with Gasteiger partial charge in [-0.2, -0.15) is 0 Å². The minimum atomic E-state index is -0.693. The first-order valence-corrected chi connectivity index (χ1v) is 2.49. The standard InChI is InChI=1S/C5H10O2.Sn.4H/c1-2-3-4-5(6)7;;;;;/h2-4H2,1H3,(H,6,7);;;;;. The first kappa shape index (κ1) is 11.1. The summed E-state index contributed by atoms with van der Waals surface area (Å²) in [5, 5.41) is 8.04. The van der Waals surface area contributed by atoms with Gasteiger partial charge in [0.25, 0.3) is 0 Å². The SMILES string of the molecule is CCCCC(=O)O.[SnH4]. The van der Waals surface area contributed by atoms with E-state index < -0.39 is 5.97 Å². The molecule has 0 aromatic rings. The van der Waals surface area contributed by atoms with Crippen molar-refractivity contribution in [2.24, 2.45) is 0 Å². The van der Waals surface area contributed by atoms with Gasteiger partial charge in [-0.25, -0.2) is 0 Å². The van der Waals surface area contributed by atoms with E-state index >= 15 is 0 Å². The van der Waals surface area contributed by atoms with E-state index in [0.29, 0.717) is 6.42 Å². The molecule has 8 heavy (non-hydrogen) atoms. The summed E-state index contributed by atoms with van der Waals surface area (Å²) in [6.45, 7) is 1.98. The predicted octanol–water partition coefficient (Wildman–Crippen LogP) is -0.190. The van der Waals surface area contributed by atoms with Crippen molar-refractivity contribution >= 4 is 29.9 Å². The second-order valence-electron chi connectivity index (χ2n) is 1.50. The first-order chi connectivity index (χ1) is 3.27. The van der Waals surface area contributed by atoms with Gasteiger partial charge in [-0.15, -0.1) is 0 Å². The summed E-state index contributed by atoms with van der Waals surface area (Å²) in [6, 6.07) is 0. The topological polar surface area (TPSA) is 37.3 Å². The molecule has 0 amide bonds. The van der Waals surface area contributed by atoms with Gasteiger partial charge in [0.2, 0.25) is 0 Å². The van der Waals surface area contributed by atoms with E-state index in [2.05, 4.69) is 0 Å². The third-order valence-electron chi connectivity index (χ3n) is 0.744. The predicted molar refractivity (Wildman–Crippen MR) is 38.5 cm³/mol. The number of hydrogen-bond acceptors (Lipinski definition) is 1. The second-order valence-corrected chi connectivity index (χ2v) is 1.50. The Morgan fingerprint density at radius 3 is 2.25 bits per heavy atom. The third kappa shape index (κ3) is 9.55. The summed E-state index contributed by atoms with van der Waals surface area (Å²) in [5.74, 6) is -0.693. The molecular formula is C5H14O2Sn. The van der Waals surface area contributed by atoms with Crippen LogP contribution >= 0.6 is 0 Å². The molecule has 0 saturated carbocycles. The summed E-state index contributed by atoms with van der Waals surface area (Å²) < 4.78 is 0. The maximum absolute atomic E-state index is 9.76. The van der Waals surface area contributed by atoms with Gasteiger partial charge in [0, 0.05) is 6.42 Å². The zero-order chi connectivity index (χ0) is 5.70. The zero-order valence-electron chi connectivity index (χ0n) is 4.48. The van der Waals surface area contributed by atoms with Crippen molar-refractivity contribution in [3.8, 4) is 0 Å². The molecule has 0 aromatic heterocycles. The van der Waals surface area contributed by atoms with Gasteiger partial charge in [-0.1, -0.05) is 13.3 Å². The van der Waals surface area contributed by atoms with E-state index in [4.69, 9.17) is 5.11 Å². The van der Waals surface area contributed by atoms with Crippen molar-refractivity contribution in [3.05, 3.63) is 0 Å². The number of unbranched alkanes of at least 4 members (excludes halogenated alkanes) is 1. The number of hydrogen-bond donors (Lipinski definition) is 1. The number of carboxylic acid groups (broad SMARTS) is 1. The summed E-state index contributed by atoms with van der Waals surface area (Å²) in [6.07, 6.45) is 2.08. The number of aliphatic carboxylic acids is 1. The molecule has 0 aliphatic heterocycles. The molecule has 0 fully saturated rings. The van der Waals surface area contributed by atoms with E-state index in [0.717, 1.165) is 12.8 Å². The van der Waals surface area contributed by atoms with Crippen LogP contribution in [0.15, 0.2) is 0 Å². The minimum absolute atomic E-state index is 0. The van der Waals surface area contributed by atoms with Crippen molar-refractivity contribution in [1.82, 2.24) is 0 Å². The Morgan fingerprint density at radius 2 is 2.12 bits per heavy atom. The van der Waals surface area contributed by atoms with E-state index in [9.17, 15) is 4.79 Å². The van der Waals surface area contributed by atoms with E-state index in [1.807, 2.05) is 6.92 Å². The molecule has 0 spiro atoms. The van der Waals surface area contributed by atoms with Crippen molar-refractivity contribution in [3.63, 3.8) is 0 Å². The van der Waals surface area contributed by atoms with Gasteiger partial charge in [0.15, 0.2) is 0 Å². The van der Waals surface area contributed by atoms with Gasteiger partial charge in [-0.3, -0.25) is 4.79 Å². The Morgan fingerprint density at radius 1 is 1.62 bits per heavy atom. The van der Waals surface area contributed by atoms with Crippen LogP contribution in [0.25, 0.3) is 0 Å². The van der Waals surface area contributed by atoms with Crippen LogP contribution in [0.2, 0.25) is 0 Å². The molecule has 0 atom stereocenters. The van der Waals surface area contributed by atoms with Crippen LogP contribution in [-0.4, -0.2) is 35.0 Å². The molecule has 0 aliphatic carbocycles. The van der Waals surface area contributed by atoms with Crippen LogP contribution in [0.4, 0.5) is 0 Å². The number of carbonyl (C=O) groups is 1. The summed E-state index contributed by atoms with van der Waals surface area (Å²) in [4.78, 5) is 9.76. The van der Waals surface area contributed by atoms with Crippen LogP contribution in [-0.2, 0) is 4.79 Å². The van der Waals surface area contributed by atoms with Crippen LogP contribution in [0.3, 0.4) is 0 Å². The van der Waals surface area contributed by atoms with Crippen molar-refractivity contribution in [2.45, 2.75) is 26.2 Å². The Kier molecular flexibility index (Phi) is 10.1. The Labute approximate surface area is 66.2 Å². The van der Waals surface area contributed by atoms with Crippen LogP contribution in [0, 0.1) is 0 Å². The molecule has 0 aliphatic rings. The van der Waals surface area contributed by atoms with Gasteiger partial charge in [0.05, 0.1) is 0 Å². The van der Waals surface area contributed by atoms with E-state index in [-0.39, 0.29) is 23.9 Å². The van der Waals surface area contributed by atoms with Crippen molar-refractivity contribution in [1.29, 1.82) is 0 Å². The van der Waals surface area contributed by atoms with Gasteiger partial charge in [0.1, 0.15) is 0 Å². The quantitative estimate of drug-likeness (QED) is 0.675. The molecule has 0 unspecified atom stereocenters. The summed E-state index contributed by atoms with van der Waals surface area (Å²) >= 11 is 0. The van der Waals surface area contributed by atoms with Crippen LogP contribution in [0.5, 0.6) is 0 Å². The number of carboxylic acids is 1. The molecule has 2 nitrogen and oxygen atoms in total. The number of rotatable bonds is 3. The fourth-order valence-electron chi connectivity index (χ4n) is 0.328. The Balaban J connectivity index is 0. The molecule has 0 saturated heterocycles. The van der Waals surface area contributed by atoms with E-state index in [1.165, 1.54) is 0 Å². The van der Waals surface area contributed by atoms with E-state index in [1.54, 1.807) is 0 Å². The summed E-state index contributed by atoms with van der Waals surface area (Å²) in [5.41, 5.74) is 0. The average molecular weight is 225 g/mol. The molecule has 0 heterocycles. The monoisotopic (exact) mass is 226 g/mol. The Bertz CT molecular complexity index is 63.4. The van der Waals surface area contributed by atoms with Gasteiger partial charge >= 0.3 is 29.9 Å². The molecule has 50 valence electrons.